The Bertz CT molecular complexity index is 6360. The zero-order chi connectivity index (χ0) is 98.0. The highest BCUT2D eigenvalue weighted by atomic mass is 19.4. The molecule has 7 aromatic carbocycles. The van der Waals surface area contributed by atoms with Crippen molar-refractivity contribution in [2.24, 2.45) is 11.8 Å². The Kier molecular flexibility index (Phi) is 27.0. The van der Waals surface area contributed by atoms with E-state index in [9.17, 15) is 88.0 Å². The van der Waals surface area contributed by atoms with Crippen LogP contribution in [0.1, 0.15) is 196 Å². The number of alkyl halides is 10. The molecule has 720 valence electrons. The molecule has 0 bridgehead atoms. The number of cyclic esters (lactones) is 3. The topological polar surface area (TPSA) is 306 Å². The normalized spacial score (nSPS) is 21.5. The minimum Gasteiger partial charge on any atom is -0.496 e. The number of anilines is 3. The predicted molar refractivity (Wildman–Crippen MR) is 480 cm³/mol. The maximum Gasteiger partial charge on any atom is 0.416 e. The molecule has 3 amide bonds. The van der Waals surface area contributed by atoms with E-state index in [1.54, 1.807) is 103 Å². The van der Waals surface area contributed by atoms with Crippen molar-refractivity contribution in [3.05, 3.63) is 241 Å². The fraction of sp³-hybridized carbons (Fsp3) is 0.400. The molecule has 8 fully saturated rings. The van der Waals surface area contributed by atoms with Crippen LogP contribution in [0.4, 0.5) is 80.5 Å². The summed E-state index contributed by atoms with van der Waals surface area (Å²) in [6, 6.07) is 27.9. The van der Waals surface area contributed by atoms with Gasteiger partial charge in [0.2, 0.25) is 17.8 Å². The summed E-state index contributed by atoms with van der Waals surface area (Å²) >= 11 is 0. The van der Waals surface area contributed by atoms with Gasteiger partial charge in [0.25, 0.3) is 0 Å². The van der Waals surface area contributed by atoms with Gasteiger partial charge in [0.05, 0.1) is 116 Å². The van der Waals surface area contributed by atoms with Gasteiger partial charge >= 0.3 is 54.7 Å². The number of aromatic carboxylic acids is 1. The van der Waals surface area contributed by atoms with Crippen LogP contribution in [-0.2, 0) is 62.0 Å². The van der Waals surface area contributed by atoms with Crippen LogP contribution >= 0.6 is 0 Å². The number of rotatable bonds is 23. The van der Waals surface area contributed by atoms with Crippen LogP contribution in [0.2, 0.25) is 0 Å². The standard InChI is InChI=1S/C35H31F5N4O4.C34H37F3N4O5.C31H31F3N4O5/c1-17-7-22(11-23(8-17)35(38,39)40)31-20(4)44(34(47)48-31)16-30-28(13-41-33(42-30)43-14-24(36)15-43)26-12-27(29(37)10-19(26)3)25-6-5-21(32(45)46)9-18(25)2;1-19-13-24(15-25(14-19)34(35,36)37)30-20(2)41(33(44)46-30)18-28-27(17-38-32(39-28)40-11-4-12-40)26-16-23(9-10-29(26)45-3)21-5-7-22(8-6-21)31(42)43;1-16-9-19(11-20(10-16)31(32,33)34)27-17(2)38(30(41)43-27)15-25-24(14-35-29(36-25)37-7-4-8-37)22-12-18(5-6-26(22)42-3)21-13-23(21)28(39)40/h5-13,20,24,31H,14-16H2,1-4H3,(H,45,46);9-10,13-17,20-22,30H,4-8,11-12,18H2,1-3H3,(H,42,43);5-6,9-12,14,17,21,23,27H,4,7-8,13,15H2,1-3H3,(H,39,40)/t20-,31-;20-,21?,22?,30-;17-,21?,23+,27-/m000/s1. The molecular formula is C100H99F11N12O14. The Labute approximate surface area is 780 Å². The zero-order valence-corrected chi connectivity index (χ0v) is 76.3. The highest BCUT2D eigenvalue weighted by Crippen LogP contribution is 2.52. The second-order valence-corrected chi connectivity index (χ2v) is 36.3. The molecule has 6 aliphatic heterocycles. The predicted octanol–water partition coefficient (Wildman–Crippen LogP) is 20.9. The highest BCUT2D eigenvalue weighted by molar-refractivity contribution is 5.90. The number of ether oxygens (including phenoxy) is 5. The number of amides is 3. The number of aliphatic carboxylic acids is 2. The summed E-state index contributed by atoms with van der Waals surface area (Å²) in [4.78, 5) is 112. The first-order valence-corrected chi connectivity index (χ1v) is 44.9. The van der Waals surface area contributed by atoms with E-state index < -0.39 is 126 Å². The quantitative estimate of drug-likeness (QED) is 0.0396. The van der Waals surface area contributed by atoms with E-state index in [-0.39, 0.29) is 84.2 Å². The molecular weight excluding hydrogens is 1800 g/mol. The molecule has 26 nitrogen and oxygen atoms in total. The molecule has 10 aromatic rings. The summed E-state index contributed by atoms with van der Waals surface area (Å²) in [7, 11) is 3.11. The molecule has 8 aliphatic rings. The third-order valence-corrected chi connectivity index (χ3v) is 26.8. The number of carboxylic acid groups (broad SMARTS) is 3. The number of methoxy groups -OCH3 is 2. The largest absolute Gasteiger partial charge is 0.496 e. The minimum atomic E-state index is -4.59. The van der Waals surface area contributed by atoms with Gasteiger partial charge in [0, 0.05) is 78.2 Å². The summed E-state index contributed by atoms with van der Waals surface area (Å²) in [5.41, 5.74) is 8.32. The Hall–Kier alpha value is -13.8. The summed E-state index contributed by atoms with van der Waals surface area (Å²) < 4.78 is 180. The first-order chi connectivity index (χ1) is 65.0. The molecule has 1 unspecified atom stereocenters. The van der Waals surface area contributed by atoms with Crippen LogP contribution in [-0.4, -0.2) is 174 Å². The number of halogens is 11. The third kappa shape index (κ3) is 20.4. The average molecular weight is 1900 g/mol. The number of carbonyl (C=O) groups is 6. The van der Waals surface area contributed by atoms with Crippen molar-refractivity contribution in [1.82, 2.24) is 44.6 Å². The molecule has 9 heterocycles. The van der Waals surface area contributed by atoms with Crippen molar-refractivity contribution < 1.29 is 116 Å². The fourth-order valence-electron chi connectivity index (χ4n) is 18.9. The Morgan fingerprint density at radius 1 is 0.438 bits per heavy atom. The first kappa shape index (κ1) is 96.4. The molecule has 3 aromatic heterocycles. The van der Waals surface area contributed by atoms with Crippen LogP contribution in [0.5, 0.6) is 11.5 Å². The molecule has 2 saturated carbocycles. The fourth-order valence-corrected chi connectivity index (χ4v) is 18.9. The SMILES string of the molecule is COc1ccc(C2CCC(C(=O)O)CC2)cc1-c1cnc(N2CCC2)nc1CN1C(=O)O[C@H](c2cc(C)cc(C(F)(F)F)c2)[C@@H]1C.COc1ccc(C2C[C@H]2C(=O)O)cc1-c1cnc(N2CCC2)nc1CN1C(=O)O[C@H](c2cc(C)cc(C(F)(F)F)c2)[C@@H]1C.Cc1cc([C@H]2OC(=O)N(Cc3nc(N4CC(F)C4)ncc3-c3cc(-c4ccc(C(=O)O)cc4C)c(F)cc3C)[C@H]2C)cc(C(F)(F)F)c1. The van der Waals surface area contributed by atoms with Crippen molar-refractivity contribution in [2.45, 2.75) is 193 Å². The summed E-state index contributed by atoms with van der Waals surface area (Å²) in [5, 5.41) is 28.3. The first-order valence-electron chi connectivity index (χ1n) is 44.9. The summed E-state index contributed by atoms with van der Waals surface area (Å²) in [6.07, 6.45) is -9.30. The second kappa shape index (κ2) is 38.4. The van der Waals surface area contributed by atoms with Crippen molar-refractivity contribution in [3.63, 3.8) is 0 Å². The number of benzene rings is 7. The van der Waals surface area contributed by atoms with E-state index in [1.165, 1.54) is 59.2 Å². The molecule has 18 rings (SSSR count). The molecule has 8 atom stereocenters. The maximum atomic E-state index is 15.5. The molecule has 137 heavy (non-hydrogen) atoms. The van der Waals surface area contributed by atoms with Crippen molar-refractivity contribution in [3.8, 4) is 56.0 Å². The number of aryl methyl sites for hydroxylation is 5. The third-order valence-electron chi connectivity index (χ3n) is 26.8. The van der Waals surface area contributed by atoms with Gasteiger partial charge in [-0.3, -0.25) is 24.3 Å². The number of carbonyl (C=O) groups excluding carboxylic acids is 3. The summed E-state index contributed by atoms with van der Waals surface area (Å²) in [5.74, 6) is -1.51. The van der Waals surface area contributed by atoms with Crippen molar-refractivity contribution in [1.29, 1.82) is 0 Å². The van der Waals surface area contributed by atoms with E-state index in [1.807, 2.05) is 40.1 Å². The minimum absolute atomic E-state index is 0.0156. The second-order valence-electron chi connectivity index (χ2n) is 36.3. The van der Waals surface area contributed by atoms with E-state index in [0.29, 0.717) is 121 Å². The van der Waals surface area contributed by atoms with Crippen molar-refractivity contribution in [2.75, 3.05) is 68.2 Å². The van der Waals surface area contributed by atoms with Crippen LogP contribution < -0.4 is 24.2 Å². The van der Waals surface area contributed by atoms with Crippen LogP contribution in [0, 0.1) is 52.3 Å². The van der Waals surface area contributed by atoms with Gasteiger partial charge in [-0.1, -0.05) is 53.1 Å². The van der Waals surface area contributed by atoms with E-state index in [0.717, 1.165) is 105 Å². The lowest BCUT2D eigenvalue weighted by Gasteiger charge is -2.34. The van der Waals surface area contributed by atoms with Crippen LogP contribution in [0.25, 0.3) is 44.5 Å². The Morgan fingerprint density at radius 2 is 0.832 bits per heavy atom. The van der Waals surface area contributed by atoms with E-state index in [2.05, 4.69) is 15.0 Å². The maximum absolute atomic E-state index is 15.5. The lowest BCUT2D eigenvalue weighted by atomic mass is 9.78. The van der Waals surface area contributed by atoms with Gasteiger partial charge in [0.1, 0.15) is 41.8 Å². The molecule has 6 saturated heterocycles. The molecule has 3 N–H and O–H groups in total. The van der Waals surface area contributed by atoms with Crippen molar-refractivity contribution >= 4 is 54.0 Å². The molecule has 0 radical (unpaired) electrons. The van der Waals surface area contributed by atoms with Gasteiger partial charge in [-0.05, 0) is 247 Å². The Balaban J connectivity index is 0.000000149. The monoisotopic (exact) mass is 1900 g/mol. The Morgan fingerprint density at radius 3 is 1.19 bits per heavy atom. The number of carboxylic acids is 3. The summed E-state index contributed by atoms with van der Waals surface area (Å²) in [6.45, 7) is 16.6. The van der Waals surface area contributed by atoms with Gasteiger partial charge in [0.15, 0.2) is 0 Å². The van der Waals surface area contributed by atoms with Gasteiger partial charge < -0.3 is 53.7 Å². The smallest absolute Gasteiger partial charge is 0.416 e. The van der Waals surface area contributed by atoms with Gasteiger partial charge in [-0.2, -0.15) is 39.5 Å². The van der Waals surface area contributed by atoms with E-state index in [4.69, 9.17) is 38.6 Å². The lowest BCUT2D eigenvalue weighted by Crippen LogP contribution is -2.49. The average Bonchev–Trinajstić information content (AvgIpc) is 1.74. The highest BCUT2D eigenvalue weighted by Gasteiger charge is 2.48. The molecule has 37 heteroatoms. The number of aromatic nitrogens is 6. The number of hydrogen-bond donors (Lipinski definition) is 3. The lowest BCUT2D eigenvalue weighted by molar-refractivity contribution is -0.143. The van der Waals surface area contributed by atoms with Gasteiger partial charge in [-0.25, -0.2) is 57.9 Å². The zero-order valence-electron chi connectivity index (χ0n) is 76.3. The van der Waals surface area contributed by atoms with Crippen LogP contribution in [0.15, 0.2) is 140 Å². The number of hydrogen-bond acceptors (Lipinski definition) is 20. The van der Waals surface area contributed by atoms with Gasteiger partial charge in [-0.15, -0.1) is 0 Å². The van der Waals surface area contributed by atoms with E-state index >= 15 is 4.39 Å². The molecule has 0 spiro atoms. The number of nitrogens with zero attached hydrogens (tertiary/aromatic N) is 12. The molecule has 2 aliphatic carbocycles. The van der Waals surface area contributed by atoms with Crippen LogP contribution in [0.3, 0.4) is 0 Å².